The van der Waals surface area contributed by atoms with Gasteiger partial charge in [-0.25, -0.2) is 9.97 Å². The molecule has 2 aliphatic rings. The minimum atomic E-state index is -0.0467. The molecular formula is C22H23Cl2N7O2. The number of aromatic nitrogens is 4. The van der Waals surface area contributed by atoms with E-state index in [1.54, 1.807) is 17.3 Å². The van der Waals surface area contributed by atoms with Crippen LogP contribution < -0.4 is 15.5 Å². The molecular weight excluding hydrogens is 465 g/mol. The second-order valence-corrected chi connectivity index (χ2v) is 8.70. The zero-order valence-corrected chi connectivity index (χ0v) is 19.3. The molecule has 0 bridgehead atoms. The zero-order valence-electron chi connectivity index (χ0n) is 17.8. The number of hydrogen-bond acceptors (Lipinski definition) is 7. The van der Waals surface area contributed by atoms with E-state index in [0.717, 1.165) is 37.3 Å². The van der Waals surface area contributed by atoms with Gasteiger partial charge in [-0.05, 0) is 50.2 Å². The molecule has 0 saturated carbocycles. The summed E-state index contributed by atoms with van der Waals surface area (Å²) in [6.07, 6.45) is 5.19. The molecule has 0 atom stereocenters. The fourth-order valence-electron chi connectivity index (χ4n) is 4.07. The van der Waals surface area contributed by atoms with Crippen molar-refractivity contribution < 1.29 is 9.53 Å². The number of amides is 1. The number of anilines is 3. The smallest absolute Gasteiger partial charge is 0.253 e. The number of piperidine rings is 1. The first-order chi connectivity index (χ1) is 16.1. The summed E-state index contributed by atoms with van der Waals surface area (Å²) in [4.78, 5) is 22.6. The molecule has 172 valence electrons. The molecule has 3 aromatic rings. The molecule has 9 nitrogen and oxygen atoms in total. The Morgan fingerprint density at radius 2 is 1.91 bits per heavy atom. The molecule has 2 aromatic heterocycles. The first kappa shape index (κ1) is 22.1. The van der Waals surface area contributed by atoms with E-state index in [-0.39, 0.29) is 18.6 Å². The third kappa shape index (κ3) is 4.67. The Bertz CT molecular complexity index is 1150. The van der Waals surface area contributed by atoms with Crippen molar-refractivity contribution in [2.24, 2.45) is 0 Å². The van der Waals surface area contributed by atoms with Crippen molar-refractivity contribution in [2.45, 2.75) is 18.9 Å². The van der Waals surface area contributed by atoms with Crippen LogP contribution in [0, 0.1) is 0 Å². The average Bonchev–Trinajstić information content (AvgIpc) is 3.23. The first-order valence-corrected chi connectivity index (χ1v) is 11.6. The van der Waals surface area contributed by atoms with Gasteiger partial charge in [-0.1, -0.05) is 23.2 Å². The number of carbonyl (C=O) groups excluding carboxylic acids is 1. The molecule has 5 rings (SSSR count). The molecule has 0 unspecified atom stereocenters. The minimum Gasteiger partial charge on any atom is -0.370 e. The highest BCUT2D eigenvalue weighted by molar-refractivity contribution is 6.35. The van der Waals surface area contributed by atoms with Crippen LogP contribution in [-0.4, -0.2) is 58.5 Å². The summed E-state index contributed by atoms with van der Waals surface area (Å²) in [6, 6.07) is 7.75. The molecule has 2 saturated heterocycles. The summed E-state index contributed by atoms with van der Waals surface area (Å²) in [6.45, 7) is 3.07. The monoisotopic (exact) mass is 487 g/mol. The fourth-order valence-corrected chi connectivity index (χ4v) is 4.59. The molecule has 0 spiro atoms. The van der Waals surface area contributed by atoms with Crippen LogP contribution in [-0.2, 0) is 9.53 Å². The van der Waals surface area contributed by atoms with Gasteiger partial charge in [0, 0.05) is 17.9 Å². The van der Waals surface area contributed by atoms with E-state index in [9.17, 15) is 4.79 Å². The summed E-state index contributed by atoms with van der Waals surface area (Å²) in [5, 5.41) is 12.0. The lowest BCUT2D eigenvalue weighted by Crippen LogP contribution is -2.41. The molecule has 0 aliphatic carbocycles. The van der Waals surface area contributed by atoms with Gasteiger partial charge < -0.3 is 20.3 Å². The van der Waals surface area contributed by atoms with Gasteiger partial charge in [-0.15, -0.1) is 0 Å². The molecule has 2 fully saturated rings. The van der Waals surface area contributed by atoms with Gasteiger partial charge in [-0.3, -0.25) is 9.48 Å². The van der Waals surface area contributed by atoms with Crippen LogP contribution in [0.5, 0.6) is 0 Å². The van der Waals surface area contributed by atoms with Crippen LogP contribution in [0.3, 0.4) is 0 Å². The van der Waals surface area contributed by atoms with Gasteiger partial charge in [0.2, 0.25) is 5.95 Å². The maximum absolute atomic E-state index is 12.0. The molecule has 2 aliphatic heterocycles. The Balaban J connectivity index is 1.35. The van der Waals surface area contributed by atoms with E-state index in [2.05, 4.69) is 25.7 Å². The van der Waals surface area contributed by atoms with Crippen LogP contribution in [0.15, 0.2) is 36.7 Å². The normalized spacial score (nSPS) is 17.4. The van der Waals surface area contributed by atoms with Crippen LogP contribution in [0.1, 0.15) is 18.9 Å². The molecule has 11 heteroatoms. The second kappa shape index (κ2) is 9.64. The maximum Gasteiger partial charge on any atom is 0.253 e. The fraction of sp³-hybridized carbons (Fsp3) is 0.364. The van der Waals surface area contributed by atoms with Crippen LogP contribution in [0.2, 0.25) is 10.2 Å². The van der Waals surface area contributed by atoms with E-state index in [1.807, 2.05) is 28.9 Å². The van der Waals surface area contributed by atoms with Crippen molar-refractivity contribution in [1.82, 2.24) is 25.1 Å². The van der Waals surface area contributed by atoms with Gasteiger partial charge in [0.15, 0.2) is 0 Å². The summed E-state index contributed by atoms with van der Waals surface area (Å²) in [5.41, 5.74) is 2.80. The van der Waals surface area contributed by atoms with Crippen molar-refractivity contribution in [3.63, 3.8) is 0 Å². The predicted molar refractivity (Wildman–Crippen MR) is 127 cm³/mol. The lowest BCUT2D eigenvalue weighted by Gasteiger charge is -2.26. The van der Waals surface area contributed by atoms with E-state index < -0.39 is 0 Å². The van der Waals surface area contributed by atoms with E-state index in [4.69, 9.17) is 27.9 Å². The van der Waals surface area contributed by atoms with Gasteiger partial charge in [-0.2, -0.15) is 5.10 Å². The number of nitrogens with one attached hydrogen (secondary N) is 2. The molecule has 1 amide bonds. The largest absolute Gasteiger partial charge is 0.370 e. The van der Waals surface area contributed by atoms with Crippen molar-refractivity contribution in [3.8, 4) is 11.3 Å². The van der Waals surface area contributed by atoms with Crippen molar-refractivity contribution in [3.05, 3.63) is 46.8 Å². The van der Waals surface area contributed by atoms with E-state index >= 15 is 0 Å². The maximum atomic E-state index is 12.0. The SMILES string of the molecule is O=C1COCCN1c1ccc(Nc2ncc(Cl)c(-c3cnn(C4CCNCC4)c3Cl)n2)cc1. The van der Waals surface area contributed by atoms with Gasteiger partial charge in [0.25, 0.3) is 5.91 Å². The number of ether oxygens (including phenoxy) is 1. The predicted octanol–water partition coefficient (Wildman–Crippen LogP) is 3.68. The van der Waals surface area contributed by atoms with Crippen molar-refractivity contribution in [1.29, 1.82) is 0 Å². The molecule has 4 heterocycles. The number of rotatable bonds is 5. The number of carbonyl (C=O) groups is 1. The second-order valence-electron chi connectivity index (χ2n) is 7.93. The Labute approximate surface area is 201 Å². The van der Waals surface area contributed by atoms with E-state index in [0.29, 0.717) is 40.5 Å². The number of benzene rings is 1. The highest BCUT2D eigenvalue weighted by Gasteiger charge is 2.23. The topological polar surface area (TPSA) is 97.2 Å². The van der Waals surface area contributed by atoms with Gasteiger partial charge in [0.1, 0.15) is 11.8 Å². The molecule has 2 N–H and O–H groups in total. The summed E-state index contributed by atoms with van der Waals surface area (Å²) >= 11 is 13.1. The van der Waals surface area contributed by atoms with Crippen LogP contribution in [0.25, 0.3) is 11.3 Å². The third-order valence-electron chi connectivity index (χ3n) is 5.81. The number of halogens is 2. The highest BCUT2D eigenvalue weighted by atomic mass is 35.5. The first-order valence-electron chi connectivity index (χ1n) is 10.8. The lowest BCUT2D eigenvalue weighted by atomic mass is 10.1. The summed E-state index contributed by atoms with van der Waals surface area (Å²) in [7, 11) is 0. The highest BCUT2D eigenvalue weighted by Crippen LogP contribution is 2.35. The standard InChI is InChI=1S/C22H23Cl2N7O2/c23-18-12-26-22(28-14-1-3-15(4-2-14)30-9-10-33-13-19(30)32)29-20(18)17-11-27-31(21(17)24)16-5-7-25-8-6-16/h1-4,11-12,16,25H,5-10,13H2,(H,26,28,29). The van der Waals surface area contributed by atoms with E-state index in [1.165, 1.54) is 0 Å². The summed E-state index contributed by atoms with van der Waals surface area (Å²) < 4.78 is 7.04. The Morgan fingerprint density at radius 3 is 2.67 bits per heavy atom. The Kier molecular flexibility index (Phi) is 6.45. The van der Waals surface area contributed by atoms with Crippen LogP contribution in [0.4, 0.5) is 17.3 Å². The number of morpholine rings is 1. The molecule has 0 radical (unpaired) electrons. The number of hydrogen-bond donors (Lipinski definition) is 2. The zero-order chi connectivity index (χ0) is 22.8. The van der Waals surface area contributed by atoms with Crippen LogP contribution >= 0.6 is 23.2 Å². The Hall–Kier alpha value is -2.72. The molecule has 33 heavy (non-hydrogen) atoms. The van der Waals surface area contributed by atoms with Crippen molar-refractivity contribution >= 4 is 46.4 Å². The van der Waals surface area contributed by atoms with Gasteiger partial charge in [0.05, 0.1) is 41.3 Å². The average molecular weight is 488 g/mol. The summed E-state index contributed by atoms with van der Waals surface area (Å²) in [5.74, 6) is 0.338. The lowest BCUT2D eigenvalue weighted by molar-refractivity contribution is -0.125. The Morgan fingerprint density at radius 1 is 1.12 bits per heavy atom. The minimum absolute atomic E-state index is 0.0467. The third-order valence-corrected chi connectivity index (χ3v) is 6.46. The van der Waals surface area contributed by atoms with Crippen molar-refractivity contribution in [2.75, 3.05) is 43.1 Å². The molecule has 1 aromatic carbocycles. The number of nitrogens with zero attached hydrogens (tertiary/aromatic N) is 5. The quantitative estimate of drug-likeness (QED) is 0.566. The van der Waals surface area contributed by atoms with Gasteiger partial charge >= 0.3 is 0 Å².